The minimum Gasteiger partial charge on any atom is -0.382 e. The Hall–Kier alpha value is 0.400. The van der Waals surface area contributed by atoms with Crippen LogP contribution in [0.4, 0.5) is 0 Å². The summed E-state index contributed by atoms with van der Waals surface area (Å²) >= 11 is 3.70. The Morgan fingerprint density at radius 1 is 1.57 bits per heavy atom. The van der Waals surface area contributed by atoms with Gasteiger partial charge in [0.25, 0.3) is 0 Å². The quantitative estimate of drug-likeness (QED) is 0.711. The van der Waals surface area contributed by atoms with Crippen molar-refractivity contribution in [3.05, 3.63) is 0 Å². The maximum atomic E-state index is 5.95. The molecule has 0 aromatic heterocycles. The largest absolute Gasteiger partial charge is 0.382 e. The molecule has 0 saturated heterocycles. The highest BCUT2D eigenvalue weighted by atomic mass is 79.9. The summed E-state index contributed by atoms with van der Waals surface area (Å²) in [5.74, 6) is 0. The van der Waals surface area contributed by atoms with E-state index in [0.717, 1.165) is 12.8 Å². The molecule has 0 N–H and O–H groups in total. The zero-order valence-electron chi connectivity index (χ0n) is 9.55. The highest BCUT2D eigenvalue weighted by Crippen LogP contribution is 2.50. The van der Waals surface area contributed by atoms with Gasteiger partial charge in [0.2, 0.25) is 0 Å². The van der Waals surface area contributed by atoms with Crippen molar-refractivity contribution in [3.8, 4) is 0 Å². The molecule has 0 bridgehead atoms. The van der Waals surface area contributed by atoms with Crippen molar-refractivity contribution in [2.75, 3.05) is 13.7 Å². The lowest BCUT2D eigenvalue weighted by molar-refractivity contribution is -0.138. The SMILES string of the molecule is CCC1(C)C(Br)CC1OC(C)COC. The van der Waals surface area contributed by atoms with E-state index >= 15 is 0 Å². The first-order valence-electron chi connectivity index (χ1n) is 5.33. The third-order valence-corrected chi connectivity index (χ3v) is 4.85. The average Bonchev–Trinajstić information content (AvgIpc) is 2.16. The monoisotopic (exact) mass is 264 g/mol. The van der Waals surface area contributed by atoms with Crippen LogP contribution in [0.15, 0.2) is 0 Å². The second-order valence-electron chi connectivity index (χ2n) is 4.45. The van der Waals surface area contributed by atoms with Crippen LogP contribution in [0.5, 0.6) is 0 Å². The Bertz CT molecular complexity index is 186. The van der Waals surface area contributed by atoms with Gasteiger partial charge in [-0.2, -0.15) is 0 Å². The zero-order valence-corrected chi connectivity index (χ0v) is 11.1. The van der Waals surface area contributed by atoms with Gasteiger partial charge in [0.15, 0.2) is 0 Å². The standard InChI is InChI=1S/C11H21BrO2/c1-5-11(3)9(12)6-10(11)14-8(2)7-13-4/h8-10H,5-7H2,1-4H3. The van der Waals surface area contributed by atoms with Gasteiger partial charge in [0, 0.05) is 17.4 Å². The van der Waals surface area contributed by atoms with Crippen LogP contribution in [-0.4, -0.2) is 30.8 Å². The van der Waals surface area contributed by atoms with Crippen LogP contribution in [0.25, 0.3) is 0 Å². The molecule has 0 heterocycles. The van der Waals surface area contributed by atoms with Gasteiger partial charge in [-0.3, -0.25) is 0 Å². The first-order chi connectivity index (χ1) is 6.54. The third-order valence-electron chi connectivity index (χ3n) is 3.43. The van der Waals surface area contributed by atoms with E-state index in [0.29, 0.717) is 23.0 Å². The number of methoxy groups -OCH3 is 1. The summed E-state index contributed by atoms with van der Waals surface area (Å²) in [7, 11) is 1.72. The van der Waals surface area contributed by atoms with Gasteiger partial charge < -0.3 is 9.47 Å². The van der Waals surface area contributed by atoms with Gasteiger partial charge in [0.05, 0.1) is 18.8 Å². The van der Waals surface area contributed by atoms with Gasteiger partial charge in [-0.05, 0) is 19.8 Å². The smallest absolute Gasteiger partial charge is 0.0784 e. The molecule has 0 amide bonds. The zero-order chi connectivity index (χ0) is 10.8. The van der Waals surface area contributed by atoms with E-state index in [-0.39, 0.29) is 6.10 Å². The maximum absolute atomic E-state index is 5.95. The van der Waals surface area contributed by atoms with Gasteiger partial charge >= 0.3 is 0 Å². The lowest BCUT2D eigenvalue weighted by Crippen LogP contribution is -2.54. The summed E-state index contributed by atoms with van der Waals surface area (Å²) in [5, 5.41) is 0. The Morgan fingerprint density at radius 3 is 2.64 bits per heavy atom. The van der Waals surface area contributed by atoms with Crippen molar-refractivity contribution < 1.29 is 9.47 Å². The molecule has 1 rings (SSSR count). The van der Waals surface area contributed by atoms with E-state index in [9.17, 15) is 0 Å². The van der Waals surface area contributed by atoms with Gasteiger partial charge in [0.1, 0.15) is 0 Å². The molecule has 4 unspecified atom stereocenters. The molecule has 14 heavy (non-hydrogen) atoms. The topological polar surface area (TPSA) is 18.5 Å². The molecule has 84 valence electrons. The molecule has 1 saturated carbocycles. The van der Waals surface area contributed by atoms with Crippen molar-refractivity contribution in [1.29, 1.82) is 0 Å². The lowest BCUT2D eigenvalue weighted by Gasteiger charge is -2.51. The average molecular weight is 265 g/mol. The molecule has 3 heteroatoms. The number of hydrogen-bond donors (Lipinski definition) is 0. The third kappa shape index (κ3) is 2.31. The van der Waals surface area contributed by atoms with Crippen LogP contribution in [0, 0.1) is 5.41 Å². The van der Waals surface area contributed by atoms with Crippen LogP contribution < -0.4 is 0 Å². The van der Waals surface area contributed by atoms with Crippen LogP contribution >= 0.6 is 15.9 Å². The Balaban J connectivity index is 2.40. The normalized spacial score (nSPS) is 39.2. The number of alkyl halides is 1. The van der Waals surface area contributed by atoms with Crippen molar-refractivity contribution in [2.45, 2.75) is 50.6 Å². The minimum absolute atomic E-state index is 0.205. The molecule has 1 fully saturated rings. The first-order valence-corrected chi connectivity index (χ1v) is 6.24. The van der Waals surface area contributed by atoms with Crippen LogP contribution in [0.3, 0.4) is 0 Å². The molecule has 1 aliphatic rings. The fraction of sp³-hybridized carbons (Fsp3) is 1.00. The second kappa shape index (κ2) is 4.95. The van der Waals surface area contributed by atoms with E-state index < -0.39 is 0 Å². The summed E-state index contributed by atoms with van der Waals surface area (Å²) < 4.78 is 11.0. The lowest BCUT2D eigenvalue weighted by atomic mass is 9.65. The highest BCUT2D eigenvalue weighted by molar-refractivity contribution is 9.09. The van der Waals surface area contributed by atoms with Crippen LogP contribution in [-0.2, 0) is 9.47 Å². The molecule has 0 radical (unpaired) electrons. The molecule has 2 nitrogen and oxygen atoms in total. The summed E-state index contributed by atoms with van der Waals surface area (Å²) in [6, 6.07) is 0. The minimum atomic E-state index is 0.205. The molecular weight excluding hydrogens is 244 g/mol. The number of halogens is 1. The molecular formula is C11H21BrO2. The van der Waals surface area contributed by atoms with Crippen LogP contribution in [0.1, 0.15) is 33.6 Å². The number of hydrogen-bond acceptors (Lipinski definition) is 2. The van der Waals surface area contributed by atoms with E-state index in [2.05, 4.69) is 36.7 Å². The van der Waals surface area contributed by atoms with E-state index in [1.165, 1.54) is 0 Å². The first kappa shape index (κ1) is 12.5. The molecule has 4 atom stereocenters. The Kier molecular flexibility index (Phi) is 4.41. The number of rotatable bonds is 5. The molecule has 1 aliphatic carbocycles. The Labute approximate surface area is 95.5 Å². The predicted octanol–water partition coefficient (Wildman–Crippen LogP) is 2.99. The summed E-state index contributed by atoms with van der Waals surface area (Å²) in [4.78, 5) is 0.611. The van der Waals surface area contributed by atoms with E-state index in [1.54, 1.807) is 7.11 Å². The fourth-order valence-electron chi connectivity index (χ4n) is 1.98. The van der Waals surface area contributed by atoms with E-state index in [4.69, 9.17) is 9.47 Å². The summed E-state index contributed by atoms with van der Waals surface area (Å²) in [6.45, 7) is 7.27. The van der Waals surface area contributed by atoms with Crippen LogP contribution in [0.2, 0.25) is 0 Å². The Morgan fingerprint density at radius 2 is 2.21 bits per heavy atom. The van der Waals surface area contributed by atoms with E-state index in [1.807, 2.05) is 0 Å². The molecule has 0 aliphatic heterocycles. The van der Waals surface area contributed by atoms with Gasteiger partial charge in [-0.1, -0.05) is 29.8 Å². The summed E-state index contributed by atoms with van der Waals surface area (Å²) in [6.07, 6.45) is 2.88. The second-order valence-corrected chi connectivity index (χ2v) is 5.56. The molecule has 0 aromatic rings. The van der Waals surface area contributed by atoms with Crippen molar-refractivity contribution in [3.63, 3.8) is 0 Å². The van der Waals surface area contributed by atoms with Gasteiger partial charge in [-0.25, -0.2) is 0 Å². The molecule has 0 spiro atoms. The van der Waals surface area contributed by atoms with Crippen molar-refractivity contribution in [1.82, 2.24) is 0 Å². The predicted molar refractivity (Wildman–Crippen MR) is 61.9 cm³/mol. The number of ether oxygens (including phenoxy) is 2. The summed E-state index contributed by atoms with van der Waals surface area (Å²) in [5.41, 5.74) is 0.308. The van der Waals surface area contributed by atoms with Crippen molar-refractivity contribution >= 4 is 15.9 Å². The van der Waals surface area contributed by atoms with Gasteiger partial charge in [-0.15, -0.1) is 0 Å². The van der Waals surface area contributed by atoms with Crippen molar-refractivity contribution in [2.24, 2.45) is 5.41 Å². The fourth-order valence-corrected chi connectivity index (χ4v) is 2.94. The highest BCUT2D eigenvalue weighted by Gasteiger charge is 2.50. The maximum Gasteiger partial charge on any atom is 0.0784 e. The molecule has 0 aromatic carbocycles.